The van der Waals surface area contributed by atoms with Crippen molar-refractivity contribution in [3.05, 3.63) is 65.4 Å². The van der Waals surface area contributed by atoms with Crippen LogP contribution in [0.4, 0.5) is 5.69 Å². The van der Waals surface area contributed by atoms with Gasteiger partial charge in [-0.1, -0.05) is 57.2 Å². The second-order valence-corrected chi connectivity index (χ2v) is 9.34. The summed E-state index contributed by atoms with van der Waals surface area (Å²) in [6.07, 6.45) is 6.94. The third-order valence-corrected chi connectivity index (χ3v) is 6.85. The van der Waals surface area contributed by atoms with Crippen LogP contribution in [0.1, 0.15) is 39.2 Å². The van der Waals surface area contributed by atoms with Gasteiger partial charge in [-0.25, -0.2) is 0 Å². The van der Waals surface area contributed by atoms with E-state index < -0.39 is 0 Å². The Morgan fingerprint density at radius 2 is 1.65 bits per heavy atom. The summed E-state index contributed by atoms with van der Waals surface area (Å²) in [4.78, 5) is 2.41. The molecule has 0 aliphatic heterocycles. The molecule has 0 saturated heterocycles. The van der Waals surface area contributed by atoms with E-state index in [1.807, 2.05) is 11.3 Å². The van der Waals surface area contributed by atoms with E-state index in [0.717, 1.165) is 12.8 Å². The van der Waals surface area contributed by atoms with Crippen molar-refractivity contribution in [3.8, 4) is 0 Å². The maximum Gasteiger partial charge on any atom is 0.0592 e. The van der Waals surface area contributed by atoms with Gasteiger partial charge in [-0.15, -0.1) is 11.3 Å². The quantitative estimate of drug-likeness (QED) is 0.458. The molecule has 1 heterocycles. The Morgan fingerprint density at radius 3 is 2.38 bits per heavy atom. The molecule has 0 amide bonds. The van der Waals surface area contributed by atoms with Crippen LogP contribution in [-0.4, -0.2) is 7.05 Å². The summed E-state index contributed by atoms with van der Waals surface area (Å²) in [5.41, 5.74) is 5.79. The lowest BCUT2D eigenvalue weighted by Gasteiger charge is -2.33. The average Bonchev–Trinajstić information content (AvgIpc) is 3.01. The topological polar surface area (TPSA) is 3.24 Å². The molecule has 1 nitrogen and oxygen atoms in total. The molecule has 2 heteroatoms. The number of hydrogen-bond donors (Lipinski definition) is 0. The molecule has 1 aromatic heterocycles. The van der Waals surface area contributed by atoms with E-state index in [9.17, 15) is 0 Å². The molecule has 0 bridgehead atoms. The second-order valence-electron chi connectivity index (χ2n) is 8.32. The number of benzene rings is 2. The zero-order valence-corrected chi connectivity index (χ0v) is 17.2. The summed E-state index contributed by atoms with van der Waals surface area (Å²) in [7, 11) is 2.22. The summed E-state index contributed by atoms with van der Waals surface area (Å²) >= 11 is 1.93. The van der Waals surface area contributed by atoms with Crippen molar-refractivity contribution < 1.29 is 0 Å². The Kier molecular flexibility index (Phi) is 4.19. The molecule has 0 unspecified atom stereocenters. The Morgan fingerprint density at radius 1 is 0.962 bits per heavy atom. The maximum atomic E-state index is 2.41. The first-order valence-electron chi connectivity index (χ1n) is 9.42. The highest BCUT2D eigenvalue weighted by Gasteiger charge is 2.25. The van der Waals surface area contributed by atoms with Crippen molar-refractivity contribution in [2.24, 2.45) is 5.41 Å². The highest BCUT2D eigenvalue weighted by Crippen LogP contribution is 2.43. The van der Waals surface area contributed by atoms with Crippen LogP contribution in [0.25, 0.3) is 20.2 Å². The second kappa shape index (κ2) is 6.28. The molecule has 0 atom stereocenters. The van der Waals surface area contributed by atoms with E-state index in [1.165, 1.54) is 37.1 Å². The summed E-state index contributed by atoms with van der Waals surface area (Å²) in [6.45, 7) is 9.21. The first-order chi connectivity index (χ1) is 12.4. The molecule has 0 fully saturated rings. The van der Waals surface area contributed by atoms with Crippen LogP contribution >= 0.6 is 11.3 Å². The Bertz CT molecular complexity index is 1040. The molecule has 3 aromatic rings. The third-order valence-electron chi connectivity index (χ3n) is 5.47. The number of anilines is 1. The molecule has 0 N–H and O–H groups in total. The fourth-order valence-electron chi connectivity index (χ4n) is 4.06. The lowest BCUT2D eigenvalue weighted by atomic mass is 9.80. The molecule has 0 saturated carbocycles. The molecule has 0 radical (unpaired) electrons. The zero-order chi connectivity index (χ0) is 18.5. The number of aryl methyl sites for hydroxylation is 1. The number of likely N-dealkylation sites (N-methyl/N-ethyl adjacent to an activating group) is 1. The van der Waals surface area contributed by atoms with Crippen molar-refractivity contribution in [2.45, 2.75) is 40.5 Å². The van der Waals surface area contributed by atoms with Gasteiger partial charge < -0.3 is 4.90 Å². The maximum absolute atomic E-state index is 2.41. The number of allylic oxidation sites excluding steroid dienone is 3. The first-order valence-corrected chi connectivity index (χ1v) is 10.2. The van der Waals surface area contributed by atoms with Gasteiger partial charge in [0, 0.05) is 28.2 Å². The number of thiophene rings is 1. The molecular formula is C24H27NS. The highest BCUT2D eigenvalue weighted by molar-refractivity contribution is 7.26. The van der Waals surface area contributed by atoms with Crippen LogP contribution in [0, 0.1) is 12.3 Å². The van der Waals surface area contributed by atoms with Crippen molar-refractivity contribution >= 4 is 37.2 Å². The van der Waals surface area contributed by atoms with Crippen LogP contribution in [0.5, 0.6) is 0 Å². The Balaban J connectivity index is 1.94. The summed E-state index contributed by atoms with van der Waals surface area (Å²) < 4.78 is 2.80. The van der Waals surface area contributed by atoms with E-state index in [4.69, 9.17) is 0 Å². The van der Waals surface area contributed by atoms with Gasteiger partial charge in [0.2, 0.25) is 0 Å². The van der Waals surface area contributed by atoms with E-state index in [0.29, 0.717) is 0 Å². The molecule has 2 aromatic carbocycles. The third kappa shape index (κ3) is 2.77. The van der Waals surface area contributed by atoms with E-state index in [1.54, 1.807) is 5.57 Å². The molecule has 4 rings (SSSR count). The molecule has 1 aliphatic carbocycles. The number of fused-ring (bicyclic) bond motifs is 3. The summed E-state index contributed by atoms with van der Waals surface area (Å²) in [6, 6.07) is 13.4. The zero-order valence-electron chi connectivity index (χ0n) is 16.4. The van der Waals surface area contributed by atoms with Crippen LogP contribution in [0.15, 0.2) is 59.8 Å². The largest absolute Gasteiger partial charge is 0.343 e. The van der Waals surface area contributed by atoms with Crippen LogP contribution in [-0.2, 0) is 0 Å². The van der Waals surface area contributed by atoms with E-state index >= 15 is 0 Å². The Hall–Kier alpha value is -2.06. The molecule has 134 valence electrons. The van der Waals surface area contributed by atoms with Crippen molar-refractivity contribution in [2.75, 3.05) is 11.9 Å². The van der Waals surface area contributed by atoms with Gasteiger partial charge in [0.25, 0.3) is 0 Å². The standard InChI is InChI=1S/C24H27NS/c1-16-10-8-11-17-18-12-9-15-21(23(18)26-22(16)17)25(5)20-14-7-6-13-19(20)24(2,3)4/h7-12,14-15H,6,13H2,1-5H3. The highest BCUT2D eigenvalue weighted by atomic mass is 32.1. The Labute approximate surface area is 160 Å². The molecule has 1 aliphatic rings. The monoisotopic (exact) mass is 361 g/mol. The minimum atomic E-state index is 0.193. The molecule has 26 heavy (non-hydrogen) atoms. The SMILES string of the molecule is Cc1cccc2c1sc1c(N(C)C3=C(C(C)(C)C)CCC=C3)cccc12. The minimum absolute atomic E-state index is 0.193. The smallest absolute Gasteiger partial charge is 0.0592 e. The van der Waals surface area contributed by atoms with Crippen LogP contribution < -0.4 is 4.90 Å². The normalized spacial score (nSPS) is 15.3. The first kappa shape index (κ1) is 17.4. The van der Waals surface area contributed by atoms with Crippen molar-refractivity contribution in [1.82, 2.24) is 0 Å². The van der Waals surface area contributed by atoms with Gasteiger partial charge in [-0.05, 0) is 48.5 Å². The lowest BCUT2D eigenvalue weighted by molar-refractivity contribution is 0.475. The van der Waals surface area contributed by atoms with Gasteiger partial charge in [0.15, 0.2) is 0 Å². The molecular weight excluding hydrogens is 334 g/mol. The number of rotatable bonds is 2. The van der Waals surface area contributed by atoms with E-state index in [2.05, 4.69) is 88.2 Å². The van der Waals surface area contributed by atoms with Crippen molar-refractivity contribution in [3.63, 3.8) is 0 Å². The van der Waals surface area contributed by atoms with Gasteiger partial charge in [-0.3, -0.25) is 0 Å². The lowest BCUT2D eigenvalue weighted by Crippen LogP contribution is -2.23. The van der Waals surface area contributed by atoms with Crippen LogP contribution in [0.3, 0.4) is 0 Å². The summed E-state index contributed by atoms with van der Waals surface area (Å²) in [5, 5.41) is 2.75. The fraction of sp³-hybridized carbons (Fsp3) is 0.333. The van der Waals surface area contributed by atoms with Gasteiger partial charge in [-0.2, -0.15) is 0 Å². The number of nitrogens with zero attached hydrogens (tertiary/aromatic N) is 1. The average molecular weight is 362 g/mol. The van der Waals surface area contributed by atoms with Gasteiger partial charge >= 0.3 is 0 Å². The van der Waals surface area contributed by atoms with Gasteiger partial charge in [0.1, 0.15) is 0 Å². The summed E-state index contributed by atoms with van der Waals surface area (Å²) in [5.74, 6) is 0. The predicted molar refractivity (Wildman–Crippen MR) is 117 cm³/mol. The van der Waals surface area contributed by atoms with E-state index in [-0.39, 0.29) is 5.41 Å². The minimum Gasteiger partial charge on any atom is -0.343 e. The fourth-order valence-corrected chi connectivity index (χ4v) is 5.38. The van der Waals surface area contributed by atoms with Crippen molar-refractivity contribution in [1.29, 1.82) is 0 Å². The number of hydrogen-bond acceptors (Lipinski definition) is 2. The van der Waals surface area contributed by atoms with Crippen LogP contribution in [0.2, 0.25) is 0 Å². The predicted octanol–water partition coefficient (Wildman–Crippen LogP) is 7.45. The molecule has 0 spiro atoms. The van der Waals surface area contributed by atoms with Gasteiger partial charge in [0.05, 0.1) is 10.4 Å².